The van der Waals surface area contributed by atoms with Crippen LogP contribution in [0.3, 0.4) is 0 Å². The van der Waals surface area contributed by atoms with Crippen molar-refractivity contribution in [2.45, 2.75) is 24.6 Å². The van der Waals surface area contributed by atoms with Gasteiger partial charge in [-0.3, -0.25) is 24.5 Å². The van der Waals surface area contributed by atoms with E-state index in [0.29, 0.717) is 28.0 Å². The highest BCUT2D eigenvalue weighted by Crippen LogP contribution is 2.33. The van der Waals surface area contributed by atoms with Crippen LogP contribution in [-0.2, 0) is 6.18 Å². The maximum absolute atomic E-state index is 13.5. The molecule has 4 aromatic rings. The molecule has 0 spiro atoms. The van der Waals surface area contributed by atoms with Crippen molar-refractivity contribution in [3.05, 3.63) is 101 Å². The fraction of sp³-hybridized carbons (Fsp3) is 0.222. The Morgan fingerprint density at radius 1 is 0.974 bits per heavy atom. The normalized spacial score (nSPS) is 17.8. The van der Waals surface area contributed by atoms with E-state index >= 15 is 0 Å². The predicted octanol–water partition coefficient (Wildman–Crippen LogP) is 5.13. The number of hydrogen-bond acceptors (Lipinski definition) is 5. The number of rotatable bonds is 4. The Bertz CT molecular complexity index is 1500. The van der Waals surface area contributed by atoms with Gasteiger partial charge >= 0.3 is 6.18 Å². The third kappa shape index (κ3) is 5.17. The molecule has 0 bridgehead atoms. The molecule has 1 N–H and O–H groups in total. The Balaban J connectivity index is 1.41. The average molecular weight is 540 g/mol. The number of nitrogens with zero attached hydrogens (tertiary/aromatic N) is 4. The van der Waals surface area contributed by atoms with E-state index < -0.39 is 29.4 Å². The van der Waals surface area contributed by atoms with Crippen molar-refractivity contribution in [1.82, 2.24) is 25.2 Å². The lowest BCUT2D eigenvalue weighted by atomic mass is 9.85. The van der Waals surface area contributed by atoms with E-state index in [1.807, 2.05) is 30.3 Å². The summed E-state index contributed by atoms with van der Waals surface area (Å²) in [7, 11) is 0. The van der Waals surface area contributed by atoms with Crippen LogP contribution in [0.5, 0.6) is 0 Å². The number of benzene rings is 2. The van der Waals surface area contributed by atoms with E-state index in [0.717, 1.165) is 23.9 Å². The predicted molar refractivity (Wildman–Crippen MR) is 135 cm³/mol. The number of hydrogen-bond donors (Lipinski definition) is 1. The molecule has 0 aliphatic carbocycles. The first-order valence-corrected chi connectivity index (χ1v) is 12.2. The van der Waals surface area contributed by atoms with Gasteiger partial charge in [0.05, 0.1) is 16.1 Å². The fourth-order valence-electron chi connectivity index (χ4n) is 4.74. The summed E-state index contributed by atoms with van der Waals surface area (Å²) in [6.45, 7) is 0.510. The van der Waals surface area contributed by atoms with Gasteiger partial charge in [-0.15, -0.1) is 0 Å². The van der Waals surface area contributed by atoms with Crippen molar-refractivity contribution in [1.29, 1.82) is 0 Å². The number of pyridine rings is 1. The van der Waals surface area contributed by atoms with Crippen molar-refractivity contribution in [3.63, 3.8) is 0 Å². The van der Waals surface area contributed by atoms with Gasteiger partial charge in [0.2, 0.25) is 0 Å². The molecule has 5 rings (SSSR count). The molecule has 0 unspecified atom stereocenters. The maximum atomic E-state index is 13.5. The van der Waals surface area contributed by atoms with Crippen molar-refractivity contribution in [2.75, 3.05) is 13.1 Å². The maximum Gasteiger partial charge on any atom is 0.418 e. The van der Waals surface area contributed by atoms with Crippen LogP contribution < -0.4 is 5.32 Å². The summed E-state index contributed by atoms with van der Waals surface area (Å²) in [5.74, 6) is -1.55. The van der Waals surface area contributed by atoms with Gasteiger partial charge < -0.3 is 10.2 Å². The van der Waals surface area contributed by atoms with E-state index in [1.54, 1.807) is 17.0 Å². The standard InChI is InChI=1S/C27H21ClF3N5O2/c28-20-13-17(14-22-24(20)34-11-10-32-22)26(38)36-12-8-21(18(15-36)16-5-2-1-3-6-16)35-25(37)23-19(27(29,30)31)7-4-9-33-23/h1-7,9-11,13-14,18,21H,8,12,15H2,(H,35,37)/t18-,21+/m1/s1. The summed E-state index contributed by atoms with van der Waals surface area (Å²) in [5, 5.41) is 3.05. The van der Waals surface area contributed by atoms with Crippen molar-refractivity contribution < 1.29 is 22.8 Å². The van der Waals surface area contributed by atoms with Crippen LogP contribution in [0, 0.1) is 0 Å². The lowest BCUT2D eigenvalue weighted by molar-refractivity contribution is -0.138. The smallest absolute Gasteiger partial charge is 0.347 e. The topological polar surface area (TPSA) is 88.1 Å². The highest BCUT2D eigenvalue weighted by molar-refractivity contribution is 6.35. The lowest BCUT2D eigenvalue weighted by Gasteiger charge is -2.39. The van der Waals surface area contributed by atoms with Crippen LogP contribution in [-0.4, -0.2) is 50.8 Å². The molecule has 1 aliphatic rings. The molecule has 2 aromatic heterocycles. The first kappa shape index (κ1) is 25.6. The number of likely N-dealkylation sites (tertiary alicyclic amines) is 1. The number of alkyl halides is 3. The summed E-state index contributed by atoms with van der Waals surface area (Å²) < 4.78 is 40.4. The number of aromatic nitrogens is 3. The molecule has 11 heteroatoms. The number of amides is 2. The molecule has 7 nitrogen and oxygen atoms in total. The first-order valence-electron chi connectivity index (χ1n) is 11.8. The van der Waals surface area contributed by atoms with Crippen LogP contribution in [0.15, 0.2) is 73.2 Å². The zero-order chi connectivity index (χ0) is 26.9. The van der Waals surface area contributed by atoms with Crippen LogP contribution in [0.25, 0.3) is 11.0 Å². The van der Waals surface area contributed by atoms with Crippen molar-refractivity contribution >= 4 is 34.4 Å². The molecule has 0 radical (unpaired) electrons. The van der Waals surface area contributed by atoms with Crippen LogP contribution in [0.2, 0.25) is 5.02 Å². The first-order chi connectivity index (χ1) is 18.2. The molecule has 1 fully saturated rings. The number of carbonyl (C=O) groups is 2. The molecule has 2 amide bonds. The zero-order valence-electron chi connectivity index (χ0n) is 19.8. The third-order valence-electron chi connectivity index (χ3n) is 6.55. The Morgan fingerprint density at radius 2 is 1.74 bits per heavy atom. The van der Waals surface area contributed by atoms with Gasteiger partial charge in [-0.05, 0) is 36.2 Å². The summed E-state index contributed by atoms with van der Waals surface area (Å²) in [6, 6.07) is 13.8. The van der Waals surface area contributed by atoms with Gasteiger partial charge in [0.15, 0.2) is 0 Å². The second kappa shape index (κ2) is 10.4. The Kier molecular flexibility index (Phi) is 6.98. The monoisotopic (exact) mass is 539 g/mol. The largest absolute Gasteiger partial charge is 0.418 e. The van der Waals surface area contributed by atoms with Crippen molar-refractivity contribution in [2.24, 2.45) is 0 Å². The Morgan fingerprint density at radius 3 is 2.50 bits per heavy atom. The van der Waals surface area contributed by atoms with E-state index in [-0.39, 0.29) is 24.9 Å². The summed E-state index contributed by atoms with van der Waals surface area (Å²) in [4.78, 5) is 40.2. The Hall–Kier alpha value is -4.05. The zero-order valence-corrected chi connectivity index (χ0v) is 20.6. The summed E-state index contributed by atoms with van der Waals surface area (Å²) in [6.07, 6.45) is -0.216. The molecule has 2 atom stereocenters. The van der Waals surface area contributed by atoms with E-state index in [1.165, 1.54) is 12.4 Å². The number of halogens is 4. The highest BCUT2D eigenvalue weighted by atomic mass is 35.5. The van der Waals surface area contributed by atoms with Gasteiger partial charge in [-0.2, -0.15) is 13.2 Å². The van der Waals surface area contributed by atoms with E-state index in [4.69, 9.17) is 11.6 Å². The quantitative estimate of drug-likeness (QED) is 0.389. The minimum atomic E-state index is -4.72. The highest BCUT2D eigenvalue weighted by Gasteiger charge is 2.38. The second-order valence-corrected chi connectivity index (χ2v) is 9.32. The molecular formula is C27H21ClF3N5O2. The van der Waals surface area contributed by atoms with E-state index in [2.05, 4.69) is 20.3 Å². The molecular weight excluding hydrogens is 519 g/mol. The number of nitrogens with one attached hydrogen (secondary N) is 1. The lowest BCUT2D eigenvalue weighted by Crippen LogP contribution is -2.51. The number of fused-ring (bicyclic) bond motifs is 1. The molecule has 3 heterocycles. The van der Waals surface area contributed by atoms with Crippen LogP contribution >= 0.6 is 11.6 Å². The van der Waals surface area contributed by atoms with Gasteiger partial charge in [-0.1, -0.05) is 41.9 Å². The SMILES string of the molecule is O=C(N[C@H]1CCN(C(=O)c2cc(Cl)c3nccnc3c2)C[C@@H]1c1ccccc1)c1ncccc1C(F)(F)F. The summed E-state index contributed by atoms with van der Waals surface area (Å²) >= 11 is 6.35. The van der Waals surface area contributed by atoms with Gasteiger partial charge in [0, 0.05) is 49.2 Å². The number of carbonyl (C=O) groups excluding carboxylic acids is 2. The molecule has 38 heavy (non-hydrogen) atoms. The molecule has 194 valence electrons. The molecule has 2 aromatic carbocycles. The third-order valence-corrected chi connectivity index (χ3v) is 6.83. The van der Waals surface area contributed by atoms with Gasteiger partial charge in [0.25, 0.3) is 11.8 Å². The number of piperidine rings is 1. The second-order valence-electron chi connectivity index (χ2n) is 8.92. The molecule has 1 saturated heterocycles. The van der Waals surface area contributed by atoms with Crippen molar-refractivity contribution in [3.8, 4) is 0 Å². The molecule has 0 saturated carbocycles. The van der Waals surface area contributed by atoms with E-state index in [9.17, 15) is 22.8 Å². The molecule has 1 aliphatic heterocycles. The van der Waals surface area contributed by atoms with Gasteiger partial charge in [-0.25, -0.2) is 0 Å². The van der Waals surface area contributed by atoms with Gasteiger partial charge in [0.1, 0.15) is 11.2 Å². The minimum absolute atomic E-state index is 0.234. The van der Waals surface area contributed by atoms with Crippen LogP contribution in [0.1, 0.15) is 44.3 Å². The fourth-order valence-corrected chi connectivity index (χ4v) is 5.00. The average Bonchev–Trinajstić information content (AvgIpc) is 2.93. The minimum Gasteiger partial charge on any atom is -0.347 e. The Labute approximate surface area is 220 Å². The summed E-state index contributed by atoms with van der Waals surface area (Å²) in [5.41, 5.74) is 0.383. The van der Waals surface area contributed by atoms with Crippen LogP contribution in [0.4, 0.5) is 13.2 Å².